The van der Waals surface area contributed by atoms with Crippen LogP contribution in [0.2, 0.25) is 0 Å². The maximum absolute atomic E-state index is 11.3. The molecule has 0 atom stereocenters. The fourth-order valence-corrected chi connectivity index (χ4v) is 2.96. The predicted molar refractivity (Wildman–Crippen MR) is 70.3 cm³/mol. The lowest BCUT2D eigenvalue weighted by Gasteiger charge is -2.10. The molecule has 0 fully saturated rings. The van der Waals surface area contributed by atoms with E-state index in [-0.39, 0.29) is 11.7 Å². The minimum Gasteiger partial charge on any atom is -0.298 e. The molecule has 0 aliphatic carbocycles. The summed E-state index contributed by atoms with van der Waals surface area (Å²) >= 11 is 10.6. The predicted octanol–water partition coefficient (Wildman–Crippen LogP) is 3.65. The molecule has 0 radical (unpaired) electrons. The Morgan fingerprint density at radius 2 is 2.13 bits per heavy atom. The van der Waals surface area contributed by atoms with Gasteiger partial charge in [-0.25, -0.2) is 0 Å². The van der Waals surface area contributed by atoms with Gasteiger partial charge in [-0.15, -0.1) is 23.4 Å². The number of benzene rings is 1. The summed E-state index contributed by atoms with van der Waals surface area (Å²) in [5, 5.41) is 0.812. The van der Waals surface area contributed by atoms with Crippen molar-refractivity contribution in [3.05, 3.63) is 29.3 Å². The molecule has 4 heteroatoms. The molecule has 0 unspecified atom stereocenters. The van der Waals surface area contributed by atoms with Gasteiger partial charge in [-0.05, 0) is 17.4 Å². The lowest BCUT2D eigenvalue weighted by atomic mass is 10.1. The molecule has 0 aliphatic rings. The largest absolute Gasteiger partial charge is 0.298 e. The number of halogens is 2. The summed E-state index contributed by atoms with van der Waals surface area (Å²) in [5.74, 6) is 0.158. The highest BCUT2D eigenvalue weighted by atomic mass is 79.9. The van der Waals surface area contributed by atoms with E-state index in [2.05, 4.69) is 22.0 Å². The topological polar surface area (TPSA) is 17.1 Å². The van der Waals surface area contributed by atoms with Gasteiger partial charge in [-0.3, -0.25) is 4.79 Å². The van der Waals surface area contributed by atoms with E-state index in [1.807, 2.05) is 18.4 Å². The van der Waals surface area contributed by atoms with Gasteiger partial charge in [0.05, 0.1) is 5.88 Å². The van der Waals surface area contributed by atoms with Crippen LogP contribution in [0.4, 0.5) is 0 Å². The van der Waals surface area contributed by atoms with Crippen LogP contribution in [-0.4, -0.2) is 17.9 Å². The van der Waals surface area contributed by atoms with Gasteiger partial charge in [0.2, 0.25) is 0 Å². The van der Waals surface area contributed by atoms with Crippen LogP contribution in [0.5, 0.6) is 0 Å². The first kappa shape index (κ1) is 13.1. The van der Waals surface area contributed by atoms with E-state index >= 15 is 0 Å². The summed E-state index contributed by atoms with van der Waals surface area (Å²) in [6, 6.07) is 6.03. The Morgan fingerprint density at radius 1 is 1.47 bits per heavy atom. The van der Waals surface area contributed by atoms with Crippen molar-refractivity contribution < 1.29 is 4.79 Å². The molecule has 1 rings (SSSR count). The molecular formula is C11H12BrClOS. The number of thioether (sulfide) groups is 1. The van der Waals surface area contributed by atoms with Crippen LogP contribution in [-0.2, 0) is 16.5 Å². The highest BCUT2D eigenvalue weighted by Gasteiger charge is 2.09. The number of Topliss-reactive ketones (excluding diaryl/α,β-unsaturated/α-hetero) is 1. The smallest absolute Gasteiger partial charge is 0.151 e. The molecule has 1 nitrogen and oxygen atoms in total. The van der Waals surface area contributed by atoms with Gasteiger partial charge in [0.1, 0.15) is 0 Å². The number of rotatable bonds is 5. The van der Waals surface area contributed by atoms with E-state index in [4.69, 9.17) is 11.6 Å². The Morgan fingerprint density at radius 3 is 2.67 bits per heavy atom. The Labute approximate surface area is 108 Å². The standard InChI is InChI=1S/C11H12BrClOS/c1-15-11-8(5-10(14)7-13)3-2-4-9(11)6-12/h2-4H,5-7H2,1H3. The normalized spacial score (nSPS) is 10.3. The van der Waals surface area contributed by atoms with Crippen LogP contribution in [0.25, 0.3) is 0 Å². The van der Waals surface area contributed by atoms with Crippen molar-refractivity contribution in [2.75, 3.05) is 12.1 Å². The summed E-state index contributed by atoms with van der Waals surface area (Å²) in [4.78, 5) is 12.5. The first-order valence-corrected chi connectivity index (χ1v) is 7.39. The molecule has 0 aromatic heterocycles. The van der Waals surface area contributed by atoms with Crippen molar-refractivity contribution in [2.45, 2.75) is 16.6 Å². The third-order valence-electron chi connectivity index (χ3n) is 2.06. The zero-order valence-electron chi connectivity index (χ0n) is 8.43. The Hall–Kier alpha value is 0.01000. The van der Waals surface area contributed by atoms with Crippen molar-refractivity contribution >= 4 is 45.1 Å². The minimum absolute atomic E-state index is 0.0682. The highest BCUT2D eigenvalue weighted by Crippen LogP contribution is 2.27. The summed E-state index contributed by atoms with van der Waals surface area (Å²) in [6.07, 6.45) is 2.46. The SMILES string of the molecule is CSc1c(CBr)cccc1CC(=O)CCl. The molecule has 82 valence electrons. The zero-order valence-corrected chi connectivity index (χ0v) is 11.6. The number of carbonyl (C=O) groups is 1. The van der Waals surface area contributed by atoms with Crippen molar-refractivity contribution in [1.82, 2.24) is 0 Å². The van der Waals surface area contributed by atoms with Crippen molar-refractivity contribution in [3.63, 3.8) is 0 Å². The van der Waals surface area contributed by atoms with Gasteiger partial charge in [0, 0.05) is 16.6 Å². The third-order valence-corrected chi connectivity index (χ3v) is 3.90. The summed E-state index contributed by atoms with van der Waals surface area (Å²) in [7, 11) is 0. The first-order chi connectivity index (χ1) is 7.22. The van der Waals surface area contributed by atoms with Crippen LogP contribution in [0, 0.1) is 0 Å². The summed E-state index contributed by atoms with van der Waals surface area (Å²) in [5.41, 5.74) is 2.30. The lowest BCUT2D eigenvalue weighted by molar-refractivity contribution is -0.116. The van der Waals surface area contributed by atoms with Gasteiger partial charge in [0.25, 0.3) is 0 Å². The van der Waals surface area contributed by atoms with E-state index in [1.54, 1.807) is 11.8 Å². The third kappa shape index (κ3) is 3.51. The van der Waals surface area contributed by atoms with Crippen LogP contribution in [0.15, 0.2) is 23.1 Å². The van der Waals surface area contributed by atoms with Crippen molar-refractivity contribution in [2.24, 2.45) is 0 Å². The average molecular weight is 308 g/mol. The fourth-order valence-electron chi connectivity index (χ4n) is 1.40. The molecule has 0 bridgehead atoms. The van der Waals surface area contributed by atoms with Gasteiger partial charge in [-0.1, -0.05) is 34.1 Å². The molecule has 1 aromatic rings. The molecule has 0 heterocycles. The quantitative estimate of drug-likeness (QED) is 0.610. The average Bonchev–Trinajstić information content (AvgIpc) is 2.28. The monoisotopic (exact) mass is 306 g/mol. The summed E-state index contributed by atoms with van der Waals surface area (Å²) in [6.45, 7) is 0. The van der Waals surface area contributed by atoms with Gasteiger partial charge in [-0.2, -0.15) is 0 Å². The Balaban J connectivity index is 3.00. The Bertz CT molecular complexity index is 354. The van der Waals surface area contributed by atoms with Gasteiger partial charge >= 0.3 is 0 Å². The maximum atomic E-state index is 11.3. The molecular weight excluding hydrogens is 296 g/mol. The first-order valence-electron chi connectivity index (χ1n) is 4.51. The van der Waals surface area contributed by atoms with Crippen LogP contribution < -0.4 is 0 Å². The van der Waals surface area contributed by atoms with Gasteiger partial charge < -0.3 is 0 Å². The number of carbonyl (C=O) groups excluding carboxylic acids is 1. The molecule has 0 N–H and O–H groups in total. The number of ketones is 1. The fraction of sp³-hybridized carbons (Fsp3) is 0.364. The van der Waals surface area contributed by atoms with Crippen molar-refractivity contribution in [3.8, 4) is 0 Å². The molecule has 0 saturated heterocycles. The second kappa shape index (κ2) is 6.56. The molecule has 0 spiro atoms. The van der Waals surface area contributed by atoms with Crippen LogP contribution >= 0.6 is 39.3 Å². The number of hydrogen-bond donors (Lipinski definition) is 0. The zero-order chi connectivity index (χ0) is 11.3. The second-order valence-corrected chi connectivity index (χ2v) is 4.74. The molecule has 15 heavy (non-hydrogen) atoms. The summed E-state index contributed by atoms with van der Waals surface area (Å²) < 4.78 is 0. The second-order valence-electron chi connectivity index (χ2n) is 3.09. The van der Waals surface area contributed by atoms with Crippen LogP contribution in [0.3, 0.4) is 0 Å². The molecule has 0 amide bonds. The minimum atomic E-state index is 0.0682. The highest BCUT2D eigenvalue weighted by molar-refractivity contribution is 9.08. The van der Waals surface area contributed by atoms with Gasteiger partial charge in [0.15, 0.2) is 5.78 Å². The van der Waals surface area contributed by atoms with E-state index in [9.17, 15) is 4.79 Å². The molecule has 0 saturated carbocycles. The van der Waals surface area contributed by atoms with E-state index in [1.165, 1.54) is 10.5 Å². The molecule has 1 aromatic carbocycles. The van der Waals surface area contributed by atoms with E-state index < -0.39 is 0 Å². The number of hydrogen-bond acceptors (Lipinski definition) is 2. The molecule has 0 aliphatic heterocycles. The van der Waals surface area contributed by atoms with Crippen LogP contribution in [0.1, 0.15) is 11.1 Å². The maximum Gasteiger partial charge on any atom is 0.151 e. The lowest BCUT2D eigenvalue weighted by Crippen LogP contribution is -2.05. The number of alkyl halides is 2. The van der Waals surface area contributed by atoms with E-state index in [0.717, 1.165) is 10.9 Å². The van der Waals surface area contributed by atoms with E-state index in [0.29, 0.717) is 6.42 Å². The van der Waals surface area contributed by atoms with Crippen molar-refractivity contribution in [1.29, 1.82) is 0 Å². The Kier molecular flexibility index (Phi) is 5.72.